The lowest BCUT2D eigenvalue weighted by Gasteiger charge is -2.34. The number of likely N-dealkylation sites (N-methyl/N-ethyl adjacent to an activating group) is 1. The molecule has 1 aliphatic heterocycles. The lowest BCUT2D eigenvalue weighted by atomic mass is 10.0. The number of urea groups is 1. The molecule has 1 aromatic rings. The molecule has 1 saturated heterocycles. The lowest BCUT2D eigenvalue weighted by Crippen LogP contribution is -2.48. The van der Waals surface area contributed by atoms with Crippen molar-refractivity contribution in [3.63, 3.8) is 0 Å². The summed E-state index contributed by atoms with van der Waals surface area (Å²) in [5.74, 6) is 0. The number of rotatable bonds is 7. The lowest BCUT2D eigenvalue weighted by molar-refractivity contribution is 0.152. The number of piperidine rings is 1. The van der Waals surface area contributed by atoms with Crippen LogP contribution in [-0.4, -0.2) is 48.3 Å². The van der Waals surface area contributed by atoms with Crippen molar-refractivity contribution in [1.29, 1.82) is 0 Å². The van der Waals surface area contributed by atoms with Gasteiger partial charge in [-0.1, -0.05) is 43.7 Å². The highest BCUT2D eigenvalue weighted by Gasteiger charge is 2.21. The molecule has 2 rings (SSSR count). The number of aliphatic hydroxyl groups is 1. The molecule has 3 N–H and O–H groups in total. The van der Waals surface area contributed by atoms with E-state index in [1.165, 1.54) is 12.8 Å². The minimum Gasteiger partial charge on any atom is -0.388 e. The molecule has 0 saturated carbocycles. The number of hydrogen-bond acceptors (Lipinski definition) is 3. The minimum atomic E-state index is -0.537. The number of carbonyl (C=O) groups is 1. The SMILES string of the molecule is CCN1CCCCC1CNC(=O)NCCC(O)c1ccccc1. The first-order valence-corrected chi connectivity index (χ1v) is 8.69. The van der Waals surface area contributed by atoms with Crippen LogP contribution in [0.3, 0.4) is 0 Å². The van der Waals surface area contributed by atoms with E-state index in [1.54, 1.807) is 0 Å². The summed E-state index contributed by atoms with van der Waals surface area (Å²) in [7, 11) is 0. The predicted octanol–water partition coefficient (Wildman–Crippen LogP) is 2.28. The second-order valence-corrected chi connectivity index (χ2v) is 6.13. The fourth-order valence-electron chi connectivity index (χ4n) is 3.14. The molecular weight excluding hydrogens is 290 g/mol. The third-order valence-corrected chi connectivity index (χ3v) is 4.54. The van der Waals surface area contributed by atoms with Crippen LogP contribution in [0.15, 0.2) is 30.3 Å². The smallest absolute Gasteiger partial charge is 0.314 e. The van der Waals surface area contributed by atoms with Gasteiger partial charge in [-0.3, -0.25) is 4.90 Å². The monoisotopic (exact) mass is 319 g/mol. The van der Waals surface area contributed by atoms with Gasteiger partial charge in [-0.25, -0.2) is 4.79 Å². The van der Waals surface area contributed by atoms with E-state index in [4.69, 9.17) is 0 Å². The molecule has 23 heavy (non-hydrogen) atoms. The first-order chi connectivity index (χ1) is 11.2. The van der Waals surface area contributed by atoms with E-state index in [0.29, 0.717) is 25.6 Å². The Kier molecular flexibility index (Phi) is 7.36. The van der Waals surface area contributed by atoms with Gasteiger partial charge in [0, 0.05) is 19.1 Å². The van der Waals surface area contributed by atoms with E-state index >= 15 is 0 Å². The van der Waals surface area contributed by atoms with Crippen LogP contribution in [0.25, 0.3) is 0 Å². The Balaban J connectivity index is 1.63. The number of likely N-dealkylation sites (tertiary alicyclic amines) is 1. The summed E-state index contributed by atoms with van der Waals surface area (Å²) in [6.45, 7) is 5.50. The van der Waals surface area contributed by atoms with Crippen molar-refractivity contribution in [2.45, 2.75) is 44.8 Å². The summed E-state index contributed by atoms with van der Waals surface area (Å²) in [6.07, 6.45) is 3.63. The van der Waals surface area contributed by atoms with Crippen molar-refractivity contribution in [2.75, 3.05) is 26.2 Å². The molecule has 0 aliphatic carbocycles. The summed E-state index contributed by atoms with van der Waals surface area (Å²) >= 11 is 0. The molecule has 2 amide bonds. The molecule has 0 bridgehead atoms. The Hall–Kier alpha value is -1.59. The maximum atomic E-state index is 11.9. The highest BCUT2D eigenvalue weighted by Crippen LogP contribution is 2.16. The maximum Gasteiger partial charge on any atom is 0.314 e. The van der Waals surface area contributed by atoms with E-state index in [2.05, 4.69) is 22.5 Å². The topological polar surface area (TPSA) is 64.6 Å². The van der Waals surface area contributed by atoms with Crippen molar-refractivity contribution in [2.24, 2.45) is 0 Å². The average molecular weight is 319 g/mol. The largest absolute Gasteiger partial charge is 0.388 e. The highest BCUT2D eigenvalue weighted by atomic mass is 16.3. The van der Waals surface area contributed by atoms with E-state index in [1.807, 2.05) is 30.3 Å². The summed E-state index contributed by atoms with van der Waals surface area (Å²) < 4.78 is 0. The van der Waals surface area contributed by atoms with Crippen LogP contribution in [0, 0.1) is 0 Å². The zero-order chi connectivity index (χ0) is 16.5. The Bertz CT molecular complexity index is 467. The first kappa shape index (κ1) is 17.8. The maximum absolute atomic E-state index is 11.9. The number of nitrogens with one attached hydrogen (secondary N) is 2. The number of hydrogen-bond donors (Lipinski definition) is 3. The Morgan fingerprint density at radius 2 is 2.09 bits per heavy atom. The normalized spacial score (nSPS) is 20.0. The molecule has 2 atom stereocenters. The van der Waals surface area contributed by atoms with Crippen LogP contribution in [0.4, 0.5) is 4.79 Å². The molecule has 0 spiro atoms. The molecule has 1 aromatic carbocycles. The van der Waals surface area contributed by atoms with Crippen molar-refractivity contribution >= 4 is 6.03 Å². The summed E-state index contributed by atoms with van der Waals surface area (Å²) in [5, 5.41) is 15.8. The fourth-order valence-corrected chi connectivity index (χ4v) is 3.14. The van der Waals surface area contributed by atoms with Gasteiger partial charge in [-0.15, -0.1) is 0 Å². The third-order valence-electron chi connectivity index (χ3n) is 4.54. The van der Waals surface area contributed by atoms with Gasteiger partial charge in [0.05, 0.1) is 6.10 Å². The van der Waals surface area contributed by atoms with E-state index in [0.717, 1.165) is 25.1 Å². The number of benzene rings is 1. The standard InChI is InChI=1S/C18H29N3O2/c1-2-21-13-7-6-10-16(21)14-20-18(23)19-12-11-17(22)15-8-4-3-5-9-15/h3-5,8-9,16-17,22H,2,6-7,10-14H2,1H3,(H2,19,20,23). The second-order valence-electron chi connectivity index (χ2n) is 6.13. The van der Waals surface area contributed by atoms with Gasteiger partial charge in [0.1, 0.15) is 0 Å². The van der Waals surface area contributed by atoms with Crippen molar-refractivity contribution < 1.29 is 9.90 Å². The summed E-state index contributed by atoms with van der Waals surface area (Å²) in [6, 6.07) is 9.83. The number of aliphatic hydroxyl groups excluding tert-OH is 1. The quantitative estimate of drug-likeness (QED) is 0.722. The second kappa shape index (κ2) is 9.53. The van der Waals surface area contributed by atoms with Crippen molar-refractivity contribution in [3.8, 4) is 0 Å². The van der Waals surface area contributed by atoms with Crippen LogP contribution in [0.1, 0.15) is 44.3 Å². The molecule has 0 radical (unpaired) electrons. The molecule has 5 heteroatoms. The zero-order valence-electron chi connectivity index (χ0n) is 14.0. The fraction of sp³-hybridized carbons (Fsp3) is 0.611. The van der Waals surface area contributed by atoms with Gasteiger partial charge in [0.2, 0.25) is 0 Å². The van der Waals surface area contributed by atoms with Crippen LogP contribution >= 0.6 is 0 Å². The van der Waals surface area contributed by atoms with E-state index in [9.17, 15) is 9.90 Å². The Morgan fingerprint density at radius 1 is 1.30 bits per heavy atom. The molecule has 128 valence electrons. The van der Waals surface area contributed by atoms with Crippen LogP contribution in [0.5, 0.6) is 0 Å². The van der Waals surface area contributed by atoms with Crippen LogP contribution in [-0.2, 0) is 0 Å². The minimum absolute atomic E-state index is 0.146. The summed E-state index contributed by atoms with van der Waals surface area (Å²) in [4.78, 5) is 14.3. The average Bonchev–Trinajstić information content (AvgIpc) is 2.60. The van der Waals surface area contributed by atoms with Gasteiger partial charge in [-0.2, -0.15) is 0 Å². The Morgan fingerprint density at radius 3 is 2.83 bits per heavy atom. The van der Waals surface area contributed by atoms with Crippen LogP contribution < -0.4 is 10.6 Å². The molecule has 1 heterocycles. The Labute approximate surface area is 139 Å². The predicted molar refractivity (Wildman–Crippen MR) is 92.3 cm³/mol. The molecule has 1 aliphatic rings. The van der Waals surface area contributed by atoms with Crippen molar-refractivity contribution in [3.05, 3.63) is 35.9 Å². The van der Waals surface area contributed by atoms with Gasteiger partial charge in [0.15, 0.2) is 0 Å². The molecular formula is C18H29N3O2. The number of amides is 2. The van der Waals surface area contributed by atoms with Crippen molar-refractivity contribution in [1.82, 2.24) is 15.5 Å². The molecule has 0 aromatic heterocycles. The highest BCUT2D eigenvalue weighted by molar-refractivity contribution is 5.73. The van der Waals surface area contributed by atoms with E-state index in [-0.39, 0.29) is 6.03 Å². The molecule has 1 fully saturated rings. The van der Waals surface area contributed by atoms with Gasteiger partial charge in [0.25, 0.3) is 0 Å². The number of nitrogens with zero attached hydrogens (tertiary/aromatic N) is 1. The van der Waals surface area contributed by atoms with Gasteiger partial charge in [-0.05, 0) is 37.9 Å². The van der Waals surface area contributed by atoms with E-state index < -0.39 is 6.10 Å². The summed E-state index contributed by atoms with van der Waals surface area (Å²) in [5.41, 5.74) is 0.885. The molecule has 2 unspecified atom stereocenters. The molecule has 5 nitrogen and oxygen atoms in total. The van der Waals surface area contributed by atoms with Gasteiger partial charge < -0.3 is 15.7 Å². The third kappa shape index (κ3) is 5.84. The number of carbonyl (C=O) groups excluding carboxylic acids is 1. The zero-order valence-corrected chi connectivity index (χ0v) is 14.0. The van der Waals surface area contributed by atoms with Crippen LogP contribution in [0.2, 0.25) is 0 Å². The first-order valence-electron chi connectivity index (χ1n) is 8.69. The van der Waals surface area contributed by atoms with Gasteiger partial charge >= 0.3 is 6.03 Å².